The van der Waals surface area contributed by atoms with Gasteiger partial charge in [-0.25, -0.2) is 8.78 Å². The van der Waals surface area contributed by atoms with E-state index < -0.39 is 11.6 Å². The zero-order valence-electron chi connectivity index (χ0n) is 8.88. The van der Waals surface area contributed by atoms with E-state index in [4.69, 9.17) is 23.2 Å². The summed E-state index contributed by atoms with van der Waals surface area (Å²) in [5.74, 6) is -1.42. The molecule has 0 spiro atoms. The highest BCUT2D eigenvalue weighted by atomic mass is 35.5. The fourth-order valence-corrected chi connectivity index (χ4v) is 2.05. The van der Waals surface area contributed by atoms with Crippen molar-refractivity contribution >= 4 is 29.5 Å². The number of hydrogen-bond acceptors (Lipinski definition) is 1. The van der Waals surface area contributed by atoms with Crippen LogP contribution < -0.4 is 0 Å². The minimum atomic E-state index is -0.744. The van der Waals surface area contributed by atoms with E-state index in [-0.39, 0.29) is 21.2 Å². The first-order valence-corrected chi connectivity index (χ1v) is 5.68. The summed E-state index contributed by atoms with van der Waals surface area (Å²) in [4.78, 5) is 10.7. The third kappa shape index (κ3) is 2.24. The lowest BCUT2D eigenvalue weighted by atomic mass is 10.0. The molecule has 0 N–H and O–H groups in total. The molecule has 2 rings (SSSR count). The Balaban J connectivity index is 2.65. The number of carbonyl (C=O) groups excluding carboxylic acids is 1. The number of hydrogen-bond donors (Lipinski definition) is 0. The van der Waals surface area contributed by atoms with Gasteiger partial charge >= 0.3 is 0 Å². The van der Waals surface area contributed by atoms with Crippen LogP contribution in [-0.4, -0.2) is 6.29 Å². The number of halogens is 4. The number of rotatable bonds is 2. The normalized spacial score (nSPS) is 10.4. The monoisotopic (exact) mass is 286 g/mol. The van der Waals surface area contributed by atoms with Crippen LogP contribution >= 0.6 is 23.2 Å². The van der Waals surface area contributed by atoms with Gasteiger partial charge in [0.25, 0.3) is 0 Å². The summed E-state index contributed by atoms with van der Waals surface area (Å²) in [5.41, 5.74) is 0.651. The topological polar surface area (TPSA) is 17.1 Å². The quantitative estimate of drug-likeness (QED) is 0.728. The third-order valence-electron chi connectivity index (χ3n) is 2.46. The predicted octanol–water partition coefficient (Wildman–Crippen LogP) is 4.75. The van der Waals surface area contributed by atoms with Gasteiger partial charge in [-0.1, -0.05) is 29.3 Å². The maximum absolute atomic E-state index is 13.6. The summed E-state index contributed by atoms with van der Waals surface area (Å²) in [7, 11) is 0. The summed E-state index contributed by atoms with van der Waals surface area (Å²) >= 11 is 11.8. The molecule has 0 aliphatic heterocycles. The van der Waals surface area contributed by atoms with Gasteiger partial charge in [-0.2, -0.15) is 0 Å². The molecule has 2 aromatic rings. The molecule has 0 bridgehead atoms. The van der Waals surface area contributed by atoms with Crippen LogP contribution in [0.5, 0.6) is 0 Å². The lowest BCUT2D eigenvalue weighted by Gasteiger charge is -2.08. The van der Waals surface area contributed by atoms with Crippen molar-refractivity contribution in [3.8, 4) is 11.1 Å². The van der Waals surface area contributed by atoms with Gasteiger partial charge in [-0.15, -0.1) is 0 Å². The second kappa shape index (κ2) is 5.04. The lowest BCUT2D eigenvalue weighted by Crippen LogP contribution is -1.90. The maximum Gasteiger partial charge on any atom is 0.151 e. The van der Waals surface area contributed by atoms with Crippen LogP contribution in [0.3, 0.4) is 0 Å². The molecule has 1 nitrogen and oxygen atoms in total. The lowest BCUT2D eigenvalue weighted by molar-refractivity contribution is 0.112. The van der Waals surface area contributed by atoms with Gasteiger partial charge in [0.2, 0.25) is 0 Å². The van der Waals surface area contributed by atoms with E-state index in [0.717, 1.165) is 12.1 Å². The zero-order chi connectivity index (χ0) is 13.3. The maximum atomic E-state index is 13.6. The first-order valence-electron chi connectivity index (χ1n) is 4.93. The van der Waals surface area contributed by atoms with Crippen molar-refractivity contribution in [2.24, 2.45) is 0 Å². The van der Waals surface area contributed by atoms with Crippen LogP contribution in [0.2, 0.25) is 10.0 Å². The van der Waals surface area contributed by atoms with E-state index >= 15 is 0 Å². The number of benzene rings is 2. The SMILES string of the molecule is O=Cc1ccc(-c2ccc(F)cc2F)c(Cl)c1Cl. The molecule has 0 saturated carbocycles. The van der Waals surface area contributed by atoms with E-state index in [1.807, 2.05) is 0 Å². The largest absolute Gasteiger partial charge is 0.298 e. The van der Waals surface area contributed by atoms with Crippen molar-refractivity contribution in [1.82, 2.24) is 0 Å². The minimum absolute atomic E-state index is 0.0490. The van der Waals surface area contributed by atoms with Gasteiger partial charge in [0, 0.05) is 22.8 Å². The van der Waals surface area contributed by atoms with Crippen molar-refractivity contribution in [2.45, 2.75) is 0 Å². The molecule has 0 heterocycles. The molecule has 0 radical (unpaired) electrons. The molecule has 0 unspecified atom stereocenters. The minimum Gasteiger partial charge on any atom is -0.298 e. The van der Waals surface area contributed by atoms with Gasteiger partial charge in [0.1, 0.15) is 11.6 Å². The Morgan fingerprint density at radius 2 is 1.61 bits per heavy atom. The smallest absolute Gasteiger partial charge is 0.151 e. The Morgan fingerprint density at radius 3 is 2.22 bits per heavy atom. The summed E-state index contributed by atoms with van der Waals surface area (Å²) in [5, 5.41) is 0.111. The first-order chi connectivity index (χ1) is 8.54. The van der Waals surface area contributed by atoms with Crippen LogP contribution in [-0.2, 0) is 0 Å². The van der Waals surface area contributed by atoms with E-state index in [2.05, 4.69) is 0 Å². The molecule has 92 valence electrons. The Morgan fingerprint density at radius 1 is 0.944 bits per heavy atom. The highest BCUT2D eigenvalue weighted by Gasteiger charge is 2.14. The average molecular weight is 287 g/mol. The van der Waals surface area contributed by atoms with Crippen molar-refractivity contribution in [2.75, 3.05) is 0 Å². The van der Waals surface area contributed by atoms with Gasteiger partial charge in [0.05, 0.1) is 10.0 Å². The summed E-state index contributed by atoms with van der Waals surface area (Å²) in [6, 6.07) is 6.04. The fourth-order valence-electron chi connectivity index (χ4n) is 1.57. The molecule has 0 fully saturated rings. The highest BCUT2D eigenvalue weighted by Crippen LogP contribution is 2.36. The number of carbonyl (C=O) groups is 1. The summed E-state index contributed by atoms with van der Waals surface area (Å²) in [6.07, 6.45) is 0.555. The first kappa shape index (κ1) is 13.0. The van der Waals surface area contributed by atoms with Gasteiger partial charge in [0.15, 0.2) is 6.29 Å². The Kier molecular flexibility index (Phi) is 3.64. The molecule has 18 heavy (non-hydrogen) atoms. The average Bonchev–Trinajstić information content (AvgIpc) is 2.34. The van der Waals surface area contributed by atoms with Crippen molar-refractivity contribution in [3.05, 3.63) is 57.6 Å². The Bertz CT molecular complexity index is 627. The summed E-state index contributed by atoms with van der Waals surface area (Å²) < 4.78 is 26.4. The fraction of sp³-hybridized carbons (Fsp3) is 0. The zero-order valence-corrected chi connectivity index (χ0v) is 10.4. The van der Waals surface area contributed by atoms with Crippen molar-refractivity contribution < 1.29 is 13.6 Å². The van der Waals surface area contributed by atoms with Crippen LogP contribution in [0, 0.1) is 11.6 Å². The molecule has 0 aliphatic carbocycles. The molecular weight excluding hydrogens is 281 g/mol. The second-order valence-electron chi connectivity index (χ2n) is 3.57. The second-order valence-corrected chi connectivity index (χ2v) is 4.33. The highest BCUT2D eigenvalue weighted by molar-refractivity contribution is 6.45. The molecule has 2 aromatic carbocycles. The number of aldehydes is 1. The summed E-state index contributed by atoms with van der Waals surface area (Å²) in [6.45, 7) is 0. The van der Waals surface area contributed by atoms with Crippen molar-refractivity contribution in [3.63, 3.8) is 0 Å². The van der Waals surface area contributed by atoms with Gasteiger partial charge in [-0.3, -0.25) is 4.79 Å². The van der Waals surface area contributed by atoms with Crippen LogP contribution in [0.1, 0.15) is 10.4 Å². The molecule has 0 saturated heterocycles. The third-order valence-corrected chi connectivity index (χ3v) is 3.36. The standard InChI is InChI=1S/C13H6Cl2F2O/c14-12-7(6-18)1-3-10(13(12)15)9-4-2-8(16)5-11(9)17/h1-6H. The molecular formula is C13H6Cl2F2O. The molecule has 0 amide bonds. The van der Waals surface area contributed by atoms with Crippen LogP contribution in [0.25, 0.3) is 11.1 Å². The Labute approximate surface area is 112 Å². The van der Waals surface area contributed by atoms with Gasteiger partial charge < -0.3 is 0 Å². The molecule has 0 aromatic heterocycles. The molecule has 5 heteroatoms. The van der Waals surface area contributed by atoms with Gasteiger partial charge in [-0.05, 0) is 18.2 Å². The Hall–Kier alpha value is -1.45. The van der Waals surface area contributed by atoms with E-state index in [1.54, 1.807) is 0 Å². The van der Waals surface area contributed by atoms with E-state index in [1.165, 1.54) is 18.2 Å². The van der Waals surface area contributed by atoms with Crippen molar-refractivity contribution in [1.29, 1.82) is 0 Å². The van der Waals surface area contributed by atoms with E-state index in [0.29, 0.717) is 11.8 Å². The predicted molar refractivity (Wildman–Crippen MR) is 67.2 cm³/mol. The van der Waals surface area contributed by atoms with Crippen LogP contribution in [0.15, 0.2) is 30.3 Å². The molecule has 0 atom stereocenters. The molecule has 0 aliphatic rings. The van der Waals surface area contributed by atoms with E-state index in [9.17, 15) is 13.6 Å². The van der Waals surface area contributed by atoms with Crippen LogP contribution in [0.4, 0.5) is 8.78 Å².